The van der Waals surface area contributed by atoms with E-state index in [0.29, 0.717) is 17.4 Å². The van der Waals surface area contributed by atoms with Crippen molar-refractivity contribution in [3.8, 4) is 0 Å². The van der Waals surface area contributed by atoms with Crippen molar-refractivity contribution in [3.63, 3.8) is 0 Å². The van der Waals surface area contributed by atoms with Crippen molar-refractivity contribution in [2.75, 3.05) is 22.9 Å². The predicted molar refractivity (Wildman–Crippen MR) is 307 cm³/mol. The van der Waals surface area contributed by atoms with E-state index in [2.05, 4.69) is 209 Å². The monoisotopic (exact) mass is 966 g/mol. The molecule has 3 aliphatic rings. The lowest BCUT2D eigenvalue weighted by Gasteiger charge is -2.31. The molecule has 0 bridgehead atoms. The summed E-state index contributed by atoms with van der Waals surface area (Å²) in [7, 11) is 0. The molecule has 1 N–H and O–H groups in total. The summed E-state index contributed by atoms with van der Waals surface area (Å²) in [6.07, 6.45) is 16.7. The van der Waals surface area contributed by atoms with Crippen LogP contribution in [0.5, 0.6) is 0 Å². The number of allylic oxidation sites excluding steroid dienone is 8. The first-order chi connectivity index (χ1) is 34.9. The topological polar surface area (TPSA) is 43.8 Å². The van der Waals surface area contributed by atoms with Crippen LogP contribution in [0, 0.1) is 11.8 Å². The van der Waals surface area contributed by atoms with Gasteiger partial charge in [-0.15, -0.1) is 0 Å². The molecule has 72 heavy (non-hydrogen) atoms. The SMILES string of the molecule is CC(C)CCN1/C(=C/C=C2CCC/C(=C\C=C3\N(CCC(C)C)c4ccc5ccccc5c4C3(C)Cc3ccccc3)C2=[S+]c2ccc(C(=O)O)cc2)C(C)(Cc2ccccc2)c2c1ccc1ccccc21. The minimum Gasteiger partial charge on any atom is -0.478 e. The largest absolute Gasteiger partial charge is 0.478 e. The van der Waals surface area contributed by atoms with Crippen LogP contribution in [0.1, 0.15) is 106 Å². The highest BCUT2D eigenvalue weighted by Crippen LogP contribution is 2.54. The number of carbonyl (C=O) groups is 1. The number of carboxylic acids is 1. The predicted octanol–water partition coefficient (Wildman–Crippen LogP) is 16.2. The van der Waals surface area contributed by atoms with E-state index in [9.17, 15) is 9.90 Å². The summed E-state index contributed by atoms with van der Waals surface area (Å²) < 4.78 is 0. The zero-order valence-corrected chi connectivity index (χ0v) is 43.8. The molecule has 1 aliphatic carbocycles. The fourth-order valence-corrected chi connectivity index (χ4v) is 13.0. The minimum absolute atomic E-state index is 0.298. The van der Waals surface area contributed by atoms with Gasteiger partial charge in [0.15, 0.2) is 0 Å². The Morgan fingerprint density at radius 3 is 1.42 bits per heavy atom. The van der Waals surface area contributed by atoms with E-state index >= 15 is 0 Å². The Hall–Kier alpha value is -6.82. The average Bonchev–Trinajstić information content (AvgIpc) is 3.77. The van der Waals surface area contributed by atoms with Crippen LogP contribution in [0.4, 0.5) is 11.4 Å². The van der Waals surface area contributed by atoms with Gasteiger partial charge in [-0.2, -0.15) is 0 Å². The number of carboxylic acid groups (broad SMARTS) is 1. The molecule has 2 unspecified atom stereocenters. The maximum absolute atomic E-state index is 12.0. The Morgan fingerprint density at radius 1 is 0.556 bits per heavy atom. The molecule has 0 spiro atoms. The van der Waals surface area contributed by atoms with Gasteiger partial charge in [-0.05, 0) is 151 Å². The van der Waals surface area contributed by atoms with E-state index in [1.54, 1.807) is 23.5 Å². The molecule has 0 radical (unpaired) electrons. The third-order valence-electron chi connectivity index (χ3n) is 15.6. The molecular weight excluding hydrogens is 897 g/mol. The number of hydrogen-bond acceptors (Lipinski definition) is 3. The molecule has 7 aromatic carbocycles. The first-order valence-electron chi connectivity index (χ1n) is 26.3. The first kappa shape index (κ1) is 48.8. The number of anilines is 2. The Kier molecular flexibility index (Phi) is 14.0. The van der Waals surface area contributed by atoms with E-state index in [0.717, 1.165) is 62.9 Å². The molecule has 0 aromatic heterocycles. The molecule has 7 aromatic rings. The highest BCUT2D eigenvalue weighted by molar-refractivity contribution is 7.79. The van der Waals surface area contributed by atoms with E-state index in [1.165, 1.54) is 82.6 Å². The third-order valence-corrected chi connectivity index (χ3v) is 16.8. The second kappa shape index (κ2) is 20.7. The van der Waals surface area contributed by atoms with Crippen molar-refractivity contribution >= 4 is 55.1 Å². The van der Waals surface area contributed by atoms with E-state index < -0.39 is 5.97 Å². The second-order valence-electron chi connectivity index (χ2n) is 21.6. The standard InChI is InChI=1S/C67H68N2O2S/c1-46(2)40-42-68-58-36-30-50-22-13-15-26-56(50)62(58)66(5,44-48-18-9-7-10-19-48)60(68)38-32-52-24-17-25-53(64(52)72-55-34-28-54(29-35-55)65(70)71)33-39-61-67(6,45-49-20-11-8-12-21-49)63-57-27-16-14-23-51(57)31-37-59(63)69(61)43-41-47(3)4/h7-16,18-23,26-39,46-47H,17,24-25,40-45H2,1-6H3/p+1/b52-32+,53-33?,60-38+,61-39+. The number of fused-ring (bicyclic) bond motifs is 6. The number of benzene rings is 7. The maximum Gasteiger partial charge on any atom is 0.335 e. The summed E-state index contributed by atoms with van der Waals surface area (Å²) in [4.78, 5) is 19.6. The van der Waals surface area contributed by atoms with Crippen LogP contribution in [0.15, 0.2) is 209 Å². The summed E-state index contributed by atoms with van der Waals surface area (Å²) >= 11 is 1.78. The summed E-state index contributed by atoms with van der Waals surface area (Å²) in [5.41, 5.74) is 13.1. The van der Waals surface area contributed by atoms with Gasteiger partial charge in [-0.3, -0.25) is 0 Å². The van der Waals surface area contributed by atoms with Gasteiger partial charge in [0.1, 0.15) is 0 Å². The number of rotatable bonds is 14. The molecule has 1 saturated carbocycles. The summed E-state index contributed by atoms with van der Waals surface area (Å²) in [6.45, 7) is 16.2. The van der Waals surface area contributed by atoms with Gasteiger partial charge in [0.05, 0.1) is 5.56 Å². The third kappa shape index (κ3) is 9.64. The quantitative estimate of drug-likeness (QED) is 0.0670. The highest BCUT2D eigenvalue weighted by Gasteiger charge is 2.46. The zero-order valence-electron chi connectivity index (χ0n) is 43.0. The highest BCUT2D eigenvalue weighted by atomic mass is 32.1. The second-order valence-corrected chi connectivity index (χ2v) is 22.7. The van der Waals surface area contributed by atoms with Crippen LogP contribution in [0.2, 0.25) is 0 Å². The molecule has 5 heteroatoms. The van der Waals surface area contributed by atoms with Crippen LogP contribution in [-0.2, 0) is 35.0 Å². The Balaban J connectivity index is 1.15. The average molecular weight is 966 g/mol. The lowest BCUT2D eigenvalue weighted by atomic mass is 9.74. The minimum atomic E-state index is -0.909. The fourth-order valence-electron chi connectivity index (χ4n) is 11.9. The molecule has 0 saturated heterocycles. The smallest absolute Gasteiger partial charge is 0.335 e. The van der Waals surface area contributed by atoms with Crippen molar-refractivity contribution < 1.29 is 9.90 Å². The van der Waals surface area contributed by atoms with Crippen LogP contribution in [0.3, 0.4) is 0 Å². The van der Waals surface area contributed by atoms with Crippen LogP contribution >= 0.6 is 0 Å². The molecule has 2 aliphatic heterocycles. The molecular formula is C67H69N2O2S+. The Bertz CT molecular complexity index is 3100. The van der Waals surface area contributed by atoms with Gasteiger partial charge in [-0.1, -0.05) is 161 Å². The van der Waals surface area contributed by atoms with Crippen LogP contribution < -0.4 is 9.80 Å². The lowest BCUT2D eigenvalue weighted by Crippen LogP contribution is -2.32. The number of aromatic carboxylic acids is 1. The maximum atomic E-state index is 12.0. The van der Waals surface area contributed by atoms with Crippen LogP contribution in [-0.4, -0.2) is 29.0 Å². The molecule has 1 fully saturated rings. The molecule has 4 nitrogen and oxygen atoms in total. The molecule has 2 atom stereocenters. The van der Waals surface area contributed by atoms with Gasteiger partial charge in [0.25, 0.3) is 0 Å². The van der Waals surface area contributed by atoms with Crippen molar-refractivity contribution in [1.29, 1.82) is 0 Å². The number of nitrogens with zero attached hydrogens (tertiary/aromatic N) is 2. The Morgan fingerprint density at radius 2 is 0.986 bits per heavy atom. The van der Waals surface area contributed by atoms with Crippen molar-refractivity contribution in [3.05, 3.63) is 232 Å². The van der Waals surface area contributed by atoms with E-state index in [1.807, 2.05) is 12.1 Å². The lowest BCUT2D eigenvalue weighted by molar-refractivity contribution is 0.0696. The van der Waals surface area contributed by atoms with Crippen molar-refractivity contribution in [2.45, 2.75) is 102 Å². The van der Waals surface area contributed by atoms with Gasteiger partial charge in [-0.25, -0.2) is 4.79 Å². The molecule has 0 amide bonds. The Labute approximate surface area is 432 Å². The van der Waals surface area contributed by atoms with Gasteiger partial charge in [0, 0.05) is 70.0 Å². The first-order valence-corrected chi connectivity index (χ1v) is 27.1. The summed E-state index contributed by atoms with van der Waals surface area (Å²) in [6, 6.07) is 56.8. The molecule has 2 heterocycles. The number of hydrogen-bond donors (Lipinski definition) is 1. The van der Waals surface area contributed by atoms with Crippen LogP contribution in [0.25, 0.3) is 21.5 Å². The van der Waals surface area contributed by atoms with E-state index in [4.69, 9.17) is 0 Å². The van der Waals surface area contributed by atoms with E-state index in [-0.39, 0.29) is 10.8 Å². The fraction of sp³-hybridized carbons (Fsp3) is 0.284. The van der Waals surface area contributed by atoms with Gasteiger partial charge < -0.3 is 14.9 Å². The summed E-state index contributed by atoms with van der Waals surface area (Å²) in [5.74, 6) is 0.203. The zero-order chi connectivity index (χ0) is 50.0. The van der Waals surface area contributed by atoms with Crippen molar-refractivity contribution in [2.24, 2.45) is 11.8 Å². The van der Waals surface area contributed by atoms with Gasteiger partial charge >= 0.3 is 5.97 Å². The van der Waals surface area contributed by atoms with Gasteiger partial charge in [0.2, 0.25) is 21.1 Å². The molecule has 10 rings (SSSR count). The summed E-state index contributed by atoms with van der Waals surface area (Å²) in [5, 5.41) is 15.1. The normalized spacial score (nSPS) is 21.6. The molecule has 364 valence electrons. The van der Waals surface area contributed by atoms with Crippen molar-refractivity contribution in [1.82, 2.24) is 0 Å².